The van der Waals surface area contributed by atoms with Crippen LogP contribution in [0.2, 0.25) is 0 Å². The van der Waals surface area contributed by atoms with E-state index < -0.39 is 0 Å². The minimum atomic E-state index is -0.345. The fourth-order valence-corrected chi connectivity index (χ4v) is 0.898. The number of aliphatic hydroxyl groups is 1. The number of rotatable bonds is 3. The third-order valence-corrected chi connectivity index (χ3v) is 1.40. The zero-order valence-corrected chi connectivity index (χ0v) is 7.28. The molecule has 13 heavy (non-hydrogen) atoms. The van der Waals surface area contributed by atoms with Crippen LogP contribution in [0.3, 0.4) is 0 Å². The molecule has 0 spiro atoms. The van der Waals surface area contributed by atoms with E-state index in [9.17, 15) is 4.79 Å². The van der Waals surface area contributed by atoms with Gasteiger partial charge in [-0.15, -0.1) is 0 Å². The summed E-state index contributed by atoms with van der Waals surface area (Å²) in [6.45, 7) is 1.23. The molecule has 0 atom stereocenters. The molecule has 0 aliphatic carbocycles. The Bertz CT molecular complexity index is 281. The van der Waals surface area contributed by atoms with Crippen LogP contribution >= 0.6 is 0 Å². The molecule has 0 amide bonds. The van der Waals surface area contributed by atoms with Crippen LogP contribution in [0.1, 0.15) is 6.92 Å². The molecule has 4 heteroatoms. The fourth-order valence-electron chi connectivity index (χ4n) is 0.898. The van der Waals surface area contributed by atoms with Gasteiger partial charge in [-0.05, 0) is 24.3 Å². The van der Waals surface area contributed by atoms with Gasteiger partial charge in [-0.3, -0.25) is 4.79 Å². The van der Waals surface area contributed by atoms with E-state index in [1.165, 1.54) is 6.92 Å². The topological polar surface area (TPSA) is 58.6 Å². The first-order chi connectivity index (χ1) is 6.22. The van der Waals surface area contributed by atoms with Gasteiger partial charge in [-0.2, -0.15) is 0 Å². The van der Waals surface area contributed by atoms with Crippen molar-refractivity contribution in [2.24, 2.45) is 0 Å². The standard InChI is InChI=1S/C9H11NO3/c1-7(12)13-9-4-2-8(3-5-9)10-6-11/h2-5,10-11H,6H2,1H3. The van der Waals surface area contributed by atoms with Crippen LogP contribution in [0, 0.1) is 0 Å². The van der Waals surface area contributed by atoms with Gasteiger partial charge in [0.15, 0.2) is 0 Å². The summed E-state index contributed by atoms with van der Waals surface area (Å²) in [4.78, 5) is 10.5. The second kappa shape index (κ2) is 4.47. The van der Waals surface area contributed by atoms with E-state index in [1.54, 1.807) is 24.3 Å². The summed E-state index contributed by atoms with van der Waals surface area (Å²) in [7, 11) is 0. The highest BCUT2D eigenvalue weighted by molar-refractivity contribution is 5.69. The highest BCUT2D eigenvalue weighted by Gasteiger charge is 1.96. The van der Waals surface area contributed by atoms with Crippen molar-refractivity contribution < 1.29 is 14.6 Å². The molecule has 1 rings (SSSR count). The molecule has 0 aliphatic rings. The molecule has 2 N–H and O–H groups in total. The number of nitrogens with one attached hydrogen (secondary N) is 1. The fraction of sp³-hybridized carbons (Fsp3) is 0.222. The predicted molar refractivity (Wildman–Crippen MR) is 48.5 cm³/mol. The van der Waals surface area contributed by atoms with E-state index in [0.717, 1.165) is 5.69 Å². The first-order valence-corrected chi connectivity index (χ1v) is 3.85. The molecule has 1 aromatic carbocycles. The van der Waals surface area contributed by atoms with Gasteiger partial charge in [-0.25, -0.2) is 0 Å². The molecule has 70 valence electrons. The molecule has 0 aromatic heterocycles. The Kier molecular flexibility index (Phi) is 3.28. The molecule has 0 fully saturated rings. The summed E-state index contributed by atoms with van der Waals surface area (Å²) in [5.41, 5.74) is 0.776. The van der Waals surface area contributed by atoms with Crippen molar-refractivity contribution in [3.05, 3.63) is 24.3 Å². The Morgan fingerprint density at radius 1 is 1.46 bits per heavy atom. The van der Waals surface area contributed by atoms with E-state index >= 15 is 0 Å². The molecule has 0 aliphatic heterocycles. The first-order valence-electron chi connectivity index (χ1n) is 3.85. The van der Waals surface area contributed by atoms with Gasteiger partial charge >= 0.3 is 5.97 Å². The van der Waals surface area contributed by atoms with Crippen molar-refractivity contribution in [1.29, 1.82) is 0 Å². The molecule has 0 saturated carbocycles. The van der Waals surface area contributed by atoms with Gasteiger partial charge in [0.05, 0.1) is 0 Å². The monoisotopic (exact) mass is 181 g/mol. The van der Waals surface area contributed by atoms with Crippen molar-refractivity contribution >= 4 is 11.7 Å². The van der Waals surface area contributed by atoms with Gasteiger partial charge in [0, 0.05) is 12.6 Å². The first kappa shape index (κ1) is 9.54. The molecular weight excluding hydrogens is 170 g/mol. The molecule has 1 aromatic rings. The van der Waals surface area contributed by atoms with Crippen LogP contribution in [0.4, 0.5) is 5.69 Å². The van der Waals surface area contributed by atoms with Crippen LogP contribution in [-0.4, -0.2) is 17.8 Å². The number of anilines is 1. The Morgan fingerprint density at radius 2 is 2.08 bits per heavy atom. The third kappa shape index (κ3) is 3.13. The van der Waals surface area contributed by atoms with Gasteiger partial charge in [-0.1, -0.05) is 0 Å². The smallest absolute Gasteiger partial charge is 0.308 e. The van der Waals surface area contributed by atoms with Crippen molar-refractivity contribution in [2.45, 2.75) is 6.92 Å². The van der Waals surface area contributed by atoms with Gasteiger partial charge in [0.25, 0.3) is 0 Å². The van der Waals surface area contributed by atoms with E-state index in [4.69, 9.17) is 9.84 Å². The maximum atomic E-state index is 10.5. The van der Waals surface area contributed by atoms with Gasteiger partial charge in [0.2, 0.25) is 0 Å². The molecule has 0 saturated heterocycles. The van der Waals surface area contributed by atoms with E-state index in [1.807, 2.05) is 0 Å². The summed E-state index contributed by atoms with van der Waals surface area (Å²) in [5, 5.41) is 11.2. The lowest BCUT2D eigenvalue weighted by molar-refractivity contribution is -0.131. The van der Waals surface area contributed by atoms with Crippen LogP contribution < -0.4 is 10.1 Å². The lowest BCUT2D eigenvalue weighted by atomic mass is 10.3. The van der Waals surface area contributed by atoms with Crippen LogP contribution in [0.5, 0.6) is 5.75 Å². The minimum Gasteiger partial charge on any atom is -0.427 e. The number of carbonyl (C=O) groups is 1. The Labute approximate surface area is 76.1 Å². The van der Waals surface area contributed by atoms with Crippen LogP contribution in [0.25, 0.3) is 0 Å². The van der Waals surface area contributed by atoms with Crippen molar-refractivity contribution in [1.82, 2.24) is 0 Å². The predicted octanol–water partition coefficient (Wildman–Crippen LogP) is 0.974. The summed E-state index contributed by atoms with van der Waals surface area (Å²) in [5.74, 6) is 0.152. The van der Waals surface area contributed by atoms with E-state index in [-0.39, 0.29) is 12.7 Å². The largest absolute Gasteiger partial charge is 0.427 e. The van der Waals surface area contributed by atoms with Gasteiger partial charge < -0.3 is 15.2 Å². The summed E-state index contributed by atoms with van der Waals surface area (Å²) >= 11 is 0. The summed E-state index contributed by atoms with van der Waals surface area (Å²) in [6, 6.07) is 6.74. The second-order valence-electron chi connectivity index (χ2n) is 2.45. The zero-order chi connectivity index (χ0) is 9.68. The number of aliphatic hydroxyl groups excluding tert-OH is 1. The SMILES string of the molecule is CC(=O)Oc1ccc(NCO)cc1. The maximum absolute atomic E-state index is 10.5. The molecule has 4 nitrogen and oxygen atoms in total. The summed E-state index contributed by atoms with van der Waals surface area (Å²) in [6.07, 6.45) is 0. The number of hydrogen-bond acceptors (Lipinski definition) is 4. The molecular formula is C9H11NO3. The minimum absolute atomic E-state index is 0.118. The maximum Gasteiger partial charge on any atom is 0.308 e. The Balaban J connectivity index is 2.64. The van der Waals surface area contributed by atoms with Crippen LogP contribution in [0.15, 0.2) is 24.3 Å². The number of esters is 1. The van der Waals surface area contributed by atoms with Crippen molar-refractivity contribution in [3.8, 4) is 5.75 Å². The summed E-state index contributed by atoms with van der Waals surface area (Å²) < 4.78 is 4.82. The Hall–Kier alpha value is -1.55. The number of benzene rings is 1. The van der Waals surface area contributed by atoms with Crippen LogP contribution in [-0.2, 0) is 4.79 Å². The van der Waals surface area contributed by atoms with Crippen molar-refractivity contribution in [3.63, 3.8) is 0 Å². The number of carbonyl (C=O) groups excluding carboxylic acids is 1. The van der Waals surface area contributed by atoms with E-state index in [2.05, 4.69) is 5.32 Å². The quantitative estimate of drug-likeness (QED) is 0.414. The van der Waals surface area contributed by atoms with Gasteiger partial charge in [0.1, 0.15) is 12.5 Å². The number of ether oxygens (including phenoxy) is 1. The molecule has 0 unspecified atom stereocenters. The lowest BCUT2D eigenvalue weighted by Gasteiger charge is -2.03. The normalized spacial score (nSPS) is 9.38. The number of hydrogen-bond donors (Lipinski definition) is 2. The van der Waals surface area contributed by atoms with Crippen molar-refractivity contribution in [2.75, 3.05) is 12.0 Å². The van der Waals surface area contributed by atoms with E-state index in [0.29, 0.717) is 5.75 Å². The lowest BCUT2D eigenvalue weighted by Crippen LogP contribution is -2.02. The zero-order valence-electron chi connectivity index (χ0n) is 7.28. The average Bonchev–Trinajstić information content (AvgIpc) is 2.08. The molecule has 0 radical (unpaired) electrons. The Morgan fingerprint density at radius 3 is 2.54 bits per heavy atom. The third-order valence-electron chi connectivity index (χ3n) is 1.40. The molecule has 0 bridgehead atoms. The highest BCUT2D eigenvalue weighted by Crippen LogP contribution is 2.15. The molecule has 0 heterocycles. The highest BCUT2D eigenvalue weighted by atomic mass is 16.5. The average molecular weight is 181 g/mol. The second-order valence-corrected chi connectivity index (χ2v) is 2.45.